The first-order valence-electron chi connectivity index (χ1n) is 11.8. The van der Waals surface area contributed by atoms with Crippen molar-refractivity contribution in [3.05, 3.63) is 106 Å². The van der Waals surface area contributed by atoms with E-state index in [0.717, 1.165) is 43.6 Å². The number of rotatable bonds is 0. The van der Waals surface area contributed by atoms with Crippen molar-refractivity contribution in [2.24, 2.45) is 0 Å². The van der Waals surface area contributed by atoms with Crippen LogP contribution >= 0.6 is 0 Å². The first-order valence-corrected chi connectivity index (χ1v) is 11.8. The second-order valence-electron chi connectivity index (χ2n) is 9.40. The lowest BCUT2D eigenvalue weighted by molar-refractivity contribution is 1.17. The van der Waals surface area contributed by atoms with Gasteiger partial charge in [-0.3, -0.25) is 18.4 Å². The van der Waals surface area contributed by atoms with Gasteiger partial charge < -0.3 is 0 Å². The summed E-state index contributed by atoms with van der Waals surface area (Å²) in [4.78, 5) is 37.3. The summed E-state index contributed by atoms with van der Waals surface area (Å²) < 4.78 is 3.35. The fourth-order valence-corrected chi connectivity index (χ4v) is 6.06. The van der Waals surface area contributed by atoms with E-state index in [1.165, 1.54) is 0 Å². The van der Waals surface area contributed by atoms with Crippen molar-refractivity contribution >= 4 is 76.5 Å². The minimum absolute atomic E-state index is 0.140. The van der Waals surface area contributed by atoms with Crippen LogP contribution in [0.4, 0.5) is 0 Å². The molecule has 0 unspecified atom stereocenters. The Balaban J connectivity index is 1.54. The van der Waals surface area contributed by atoms with Crippen LogP contribution in [0.2, 0.25) is 0 Å². The second kappa shape index (κ2) is 5.93. The number of benzene rings is 5. The van der Waals surface area contributed by atoms with Crippen molar-refractivity contribution in [3.8, 4) is 0 Å². The van der Waals surface area contributed by atoms with Gasteiger partial charge in [0.25, 0.3) is 11.1 Å². The van der Waals surface area contributed by atoms with E-state index in [9.17, 15) is 9.59 Å². The molecule has 9 rings (SSSR count). The van der Waals surface area contributed by atoms with Gasteiger partial charge in [0.15, 0.2) is 0 Å². The van der Waals surface area contributed by atoms with Gasteiger partial charge in [-0.05, 0) is 47.2 Å². The van der Waals surface area contributed by atoms with Gasteiger partial charge >= 0.3 is 0 Å². The monoisotopic (exact) mass is 462 g/mol. The molecule has 5 aromatic carbocycles. The number of nitrogens with zero attached hydrogens (tertiary/aromatic N) is 4. The van der Waals surface area contributed by atoms with Crippen LogP contribution in [0, 0.1) is 0 Å². The number of hydrogen-bond acceptors (Lipinski definition) is 4. The first kappa shape index (κ1) is 18.3. The Bertz CT molecular complexity index is 2340. The van der Waals surface area contributed by atoms with Crippen molar-refractivity contribution in [1.82, 2.24) is 18.8 Å². The summed E-state index contributed by atoms with van der Waals surface area (Å²) in [6, 6.07) is 27.4. The summed E-state index contributed by atoms with van der Waals surface area (Å²) in [7, 11) is 0. The third-order valence-electron chi connectivity index (χ3n) is 7.59. The maximum atomic E-state index is 13.8. The lowest BCUT2D eigenvalue weighted by Gasteiger charge is -2.07. The van der Waals surface area contributed by atoms with Crippen LogP contribution in [0.3, 0.4) is 0 Å². The van der Waals surface area contributed by atoms with Gasteiger partial charge in [0.2, 0.25) is 0 Å². The zero-order valence-corrected chi connectivity index (χ0v) is 18.7. The van der Waals surface area contributed by atoms with E-state index in [-0.39, 0.29) is 11.1 Å². The zero-order chi connectivity index (χ0) is 23.7. The molecule has 0 radical (unpaired) electrons. The third kappa shape index (κ3) is 1.97. The third-order valence-corrected chi connectivity index (χ3v) is 7.59. The van der Waals surface area contributed by atoms with E-state index >= 15 is 0 Å². The minimum atomic E-state index is -0.140. The molecule has 0 aliphatic heterocycles. The quantitative estimate of drug-likeness (QED) is 0.299. The Kier molecular flexibility index (Phi) is 3.01. The first-order chi connectivity index (χ1) is 17.7. The molecule has 0 atom stereocenters. The number of fused-ring (bicyclic) bond motifs is 8. The summed E-state index contributed by atoms with van der Waals surface area (Å²) in [5.74, 6) is 0. The SMILES string of the molecule is O=c1c2cc3c(cc2c2nc4cccc5cccc(c54)n12)c(=O)n1c2cccc4cccc(nc31)c42. The lowest BCUT2D eigenvalue weighted by Crippen LogP contribution is -2.08. The highest BCUT2D eigenvalue weighted by atomic mass is 16.1. The largest absolute Gasteiger partial charge is 0.268 e. The topological polar surface area (TPSA) is 68.7 Å². The molecule has 36 heavy (non-hydrogen) atoms. The van der Waals surface area contributed by atoms with Gasteiger partial charge in [-0.25, -0.2) is 9.97 Å². The fraction of sp³-hybridized carbons (Fsp3) is 0. The van der Waals surface area contributed by atoms with E-state index in [1.807, 2.05) is 84.9 Å². The number of aromatic nitrogens is 4. The van der Waals surface area contributed by atoms with E-state index in [4.69, 9.17) is 9.97 Å². The van der Waals surface area contributed by atoms with Gasteiger partial charge in [-0.15, -0.1) is 0 Å². The van der Waals surface area contributed by atoms with E-state index in [1.54, 1.807) is 8.80 Å². The molecule has 166 valence electrons. The van der Waals surface area contributed by atoms with Crippen molar-refractivity contribution in [1.29, 1.82) is 0 Å². The van der Waals surface area contributed by atoms with Gasteiger partial charge in [0.05, 0.1) is 32.8 Å². The molecule has 0 saturated heterocycles. The van der Waals surface area contributed by atoms with Gasteiger partial charge in [0, 0.05) is 21.5 Å². The molecule has 0 aliphatic carbocycles. The lowest BCUT2D eigenvalue weighted by atomic mass is 10.1. The molecule has 0 amide bonds. The molecule has 0 N–H and O–H groups in total. The molecule has 0 saturated carbocycles. The second-order valence-corrected chi connectivity index (χ2v) is 9.40. The van der Waals surface area contributed by atoms with Crippen molar-refractivity contribution in [2.75, 3.05) is 0 Å². The molecule has 6 nitrogen and oxygen atoms in total. The summed E-state index contributed by atoms with van der Waals surface area (Å²) in [5, 5.41) is 6.41. The van der Waals surface area contributed by atoms with Crippen LogP contribution in [-0.4, -0.2) is 18.8 Å². The smallest absolute Gasteiger partial charge is 0.264 e. The van der Waals surface area contributed by atoms with Crippen LogP contribution in [0.25, 0.3) is 76.5 Å². The predicted molar refractivity (Wildman–Crippen MR) is 144 cm³/mol. The number of hydrogen-bond donors (Lipinski definition) is 0. The Morgan fingerprint density at radius 1 is 0.500 bits per heavy atom. The Hall–Kier alpha value is -5.10. The Morgan fingerprint density at radius 3 is 1.36 bits per heavy atom. The van der Waals surface area contributed by atoms with Crippen molar-refractivity contribution in [2.45, 2.75) is 0 Å². The average molecular weight is 462 g/mol. The zero-order valence-electron chi connectivity index (χ0n) is 18.7. The average Bonchev–Trinajstić information content (AvgIpc) is 3.34. The van der Waals surface area contributed by atoms with Crippen LogP contribution in [0.15, 0.2) is 94.5 Å². The fourth-order valence-electron chi connectivity index (χ4n) is 6.06. The van der Waals surface area contributed by atoms with Crippen molar-refractivity contribution < 1.29 is 0 Å². The van der Waals surface area contributed by atoms with Gasteiger partial charge in [0.1, 0.15) is 11.3 Å². The predicted octanol–water partition coefficient (Wildman–Crippen LogP) is 5.50. The standard InChI is InChI=1S/C30H14N4O2/c35-29-19-14-18-20(30(36)34-24-12-4-8-16-6-2-10-22(26(16)24)32-28(18)34)13-17(19)27-31-21-9-1-5-15-7-3-11-23(25(15)21)33(27)29/h1-14H. The van der Waals surface area contributed by atoms with Gasteiger partial charge in [-0.1, -0.05) is 48.5 Å². The maximum Gasteiger partial charge on any atom is 0.264 e. The van der Waals surface area contributed by atoms with Gasteiger partial charge in [-0.2, -0.15) is 0 Å². The molecule has 0 spiro atoms. The molecule has 9 aromatic rings. The maximum absolute atomic E-state index is 13.8. The summed E-state index contributed by atoms with van der Waals surface area (Å²) in [6.07, 6.45) is 0. The van der Waals surface area contributed by atoms with E-state index < -0.39 is 0 Å². The van der Waals surface area contributed by atoms with Crippen LogP contribution < -0.4 is 11.1 Å². The summed E-state index contributed by atoms with van der Waals surface area (Å²) in [6.45, 7) is 0. The van der Waals surface area contributed by atoms with E-state index in [0.29, 0.717) is 32.8 Å². The highest BCUT2D eigenvalue weighted by Gasteiger charge is 2.21. The van der Waals surface area contributed by atoms with Crippen molar-refractivity contribution in [3.63, 3.8) is 0 Å². The molecule has 4 aromatic heterocycles. The highest BCUT2D eigenvalue weighted by Crippen LogP contribution is 2.33. The summed E-state index contributed by atoms with van der Waals surface area (Å²) >= 11 is 0. The molecule has 0 fully saturated rings. The van der Waals surface area contributed by atoms with Crippen LogP contribution in [-0.2, 0) is 0 Å². The molecule has 4 heterocycles. The summed E-state index contributed by atoms with van der Waals surface area (Å²) in [5.41, 5.74) is 4.13. The molecule has 0 bridgehead atoms. The normalized spacial score (nSPS) is 12.7. The van der Waals surface area contributed by atoms with Crippen LogP contribution in [0.1, 0.15) is 0 Å². The molecular formula is C30H14N4O2. The highest BCUT2D eigenvalue weighted by molar-refractivity contribution is 6.15. The molecule has 6 heteroatoms. The van der Waals surface area contributed by atoms with Crippen LogP contribution in [0.5, 0.6) is 0 Å². The minimum Gasteiger partial charge on any atom is -0.268 e. The molecular weight excluding hydrogens is 448 g/mol. The Morgan fingerprint density at radius 2 is 0.917 bits per heavy atom. The molecule has 0 aliphatic rings. The van der Waals surface area contributed by atoms with E-state index in [2.05, 4.69) is 0 Å². The Labute approximate surface area is 200 Å².